The lowest BCUT2D eigenvalue weighted by molar-refractivity contribution is -0.384. The van der Waals surface area contributed by atoms with Crippen LogP contribution >= 0.6 is 0 Å². The monoisotopic (exact) mass is 305 g/mol. The smallest absolute Gasteiger partial charge is 0.342 e. The molecule has 0 aliphatic heterocycles. The van der Waals surface area contributed by atoms with Gasteiger partial charge in [-0.3, -0.25) is 10.1 Å². The van der Waals surface area contributed by atoms with E-state index in [1.54, 1.807) is 6.07 Å². The fraction of sp³-hybridized carbons (Fsp3) is 0.133. The summed E-state index contributed by atoms with van der Waals surface area (Å²) in [5.41, 5.74) is -0.146. The van der Waals surface area contributed by atoms with Gasteiger partial charge in [-0.1, -0.05) is 18.2 Å². The highest BCUT2D eigenvalue weighted by Crippen LogP contribution is 2.25. The molecule has 2 aromatic carbocycles. The third kappa shape index (κ3) is 3.38. The molecular weight excluding hydrogens is 293 g/mol. The molecule has 0 N–H and O–H groups in total. The third-order valence-corrected chi connectivity index (χ3v) is 2.93. The normalized spacial score (nSPS) is 10.1. The summed E-state index contributed by atoms with van der Waals surface area (Å²) < 4.78 is 23.4. The van der Waals surface area contributed by atoms with Crippen LogP contribution in [0.5, 0.6) is 5.75 Å². The molecule has 0 aliphatic rings. The Kier molecular flexibility index (Phi) is 4.67. The van der Waals surface area contributed by atoms with Crippen LogP contribution in [0.25, 0.3) is 0 Å². The second-order valence-electron chi connectivity index (χ2n) is 4.31. The van der Waals surface area contributed by atoms with Gasteiger partial charge < -0.3 is 9.47 Å². The lowest BCUT2D eigenvalue weighted by atomic mass is 10.1. The number of nitro groups is 1. The van der Waals surface area contributed by atoms with Crippen molar-refractivity contribution in [3.63, 3.8) is 0 Å². The van der Waals surface area contributed by atoms with Crippen molar-refractivity contribution in [2.75, 3.05) is 7.11 Å². The summed E-state index contributed by atoms with van der Waals surface area (Å²) in [5.74, 6) is -1.19. The molecule has 22 heavy (non-hydrogen) atoms. The number of nitrogens with zero attached hydrogens (tertiary/aromatic N) is 1. The van der Waals surface area contributed by atoms with Gasteiger partial charge in [0, 0.05) is 17.7 Å². The number of ether oxygens (including phenoxy) is 2. The lowest BCUT2D eigenvalue weighted by Gasteiger charge is -2.09. The molecule has 0 heterocycles. The molecule has 0 fully saturated rings. The molecule has 2 rings (SSSR count). The molecule has 0 spiro atoms. The Bertz CT molecular complexity index is 717. The van der Waals surface area contributed by atoms with Crippen LogP contribution in [-0.2, 0) is 11.3 Å². The second kappa shape index (κ2) is 6.66. The van der Waals surface area contributed by atoms with E-state index in [0.29, 0.717) is 0 Å². The lowest BCUT2D eigenvalue weighted by Crippen LogP contribution is -2.08. The predicted molar refractivity (Wildman–Crippen MR) is 75.2 cm³/mol. The summed E-state index contributed by atoms with van der Waals surface area (Å²) in [6.45, 7) is -0.280. The molecule has 6 nitrogen and oxygen atoms in total. The first kappa shape index (κ1) is 15.4. The maximum atomic E-state index is 13.5. The second-order valence-corrected chi connectivity index (χ2v) is 4.31. The van der Waals surface area contributed by atoms with Gasteiger partial charge in [0.15, 0.2) is 0 Å². The first-order valence-electron chi connectivity index (χ1n) is 6.26. The Morgan fingerprint density at radius 2 is 2.00 bits per heavy atom. The number of esters is 1. The summed E-state index contributed by atoms with van der Waals surface area (Å²) in [6, 6.07) is 9.43. The van der Waals surface area contributed by atoms with Crippen LogP contribution < -0.4 is 4.74 Å². The Morgan fingerprint density at radius 1 is 1.27 bits per heavy atom. The number of methoxy groups -OCH3 is 1. The van der Waals surface area contributed by atoms with E-state index in [-0.39, 0.29) is 29.2 Å². The average Bonchev–Trinajstić information content (AvgIpc) is 2.53. The molecule has 0 saturated carbocycles. The highest BCUT2D eigenvalue weighted by atomic mass is 19.1. The summed E-state index contributed by atoms with van der Waals surface area (Å²) in [4.78, 5) is 22.2. The Labute approximate surface area is 125 Å². The van der Waals surface area contributed by atoms with E-state index in [9.17, 15) is 19.3 Å². The Morgan fingerprint density at radius 3 is 2.64 bits per heavy atom. The molecule has 0 amide bonds. The van der Waals surface area contributed by atoms with Gasteiger partial charge in [0.05, 0.1) is 12.0 Å². The minimum atomic E-state index is -0.830. The fourth-order valence-corrected chi connectivity index (χ4v) is 1.81. The molecule has 0 unspecified atom stereocenters. The summed E-state index contributed by atoms with van der Waals surface area (Å²) in [5, 5.41) is 10.8. The van der Waals surface area contributed by atoms with E-state index in [2.05, 4.69) is 0 Å². The predicted octanol–water partition coefficient (Wildman–Crippen LogP) is 3.10. The van der Waals surface area contributed by atoms with Crippen LogP contribution in [0.4, 0.5) is 10.1 Å². The van der Waals surface area contributed by atoms with Crippen LogP contribution in [0, 0.1) is 15.9 Å². The van der Waals surface area contributed by atoms with E-state index in [1.165, 1.54) is 37.4 Å². The Hall–Kier alpha value is -2.96. The van der Waals surface area contributed by atoms with Gasteiger partial charge in [-0.2, -0.15) is 0 Å². The molecule has 0 aromatic heterocycles. The molecule has 0 radical (unpaired) electrons. The number of hydrogen-bond acceptors (Lipinski definition) is 5. The Balaban J connectivity index is 2.20. The molecule has 0 bridgehead atoms. The minimum Gasteiger partial charge on any atom is -0.496 e. The van der Waals surface area contributed by atoms with Gasteiger partial charge in [0.25, 0.3) is 5.69 Å². The zero-order valence-corrected chi connectivity index (χ0v) is 11.6. The number of benzene rings is 2. The fourth-order valence-electron chi connectivity index (χ4n) is 1.81. The van der Waals surface area contributed by atoms with Crippen molar-refractivity contribution < 1.29 is 23.6 Å². The van der Waals surface area contributed by atoms with Gasteiger partial charge in [-0.25, -0.2) is 9.18 Å². The quantitative estimate of drug-likeness (QED) is 0.482. The summed E-state index contributed by atoms with van der Waals surface area (Å²) in [7, 11) is 1.33. The molecular formula is C15H12FNO5. The number of carbonyl (C=O) groups is 1. The van der Waals surface area contributed by atoms with E-state index >= 15 is 0 Å². The van der Waals surface area contributed by atoms with Crippen LogP contribution in [-0.4, -0.2) is 18.0 Å². The summed E-state index contributed by atoms with van der Waals surface area (Å²) >= 11 is 0. The van der Waals surface area contributed by atoms with Gasteiger partial charge in [-0.05, 0) is 12.1 Å². The van der Waals surface area contributed by atoms with Gasteiger partial charge in [-0.15, -0.1) is 0 Å². The van der Waals surface area contributed by atoms with Gasteiger partial charge >= 0.3 is 5.97 Å². The van der Waals surface area contributed by atoms with E-state index < -0.39 is 16.7 Å². The third-order valence-electron chi connectivity index (χ3n) is 2.93. The van der Waals surface area contributed by atoms with E-state index in [1.807, 2.05) is 0 Å². The van der Waals surface area contributed by atoms with Crippen LogP contribution in [0.15, 0.2) is 42.5 Å². The maximum Gasteiger partial charge on any atom is 0.342 e. The van der Waals surface area contributed by atoms with Crippen molar-refractivity contribution in [2.45, 2.75) is 6.61 Å². The molecule has 114 valence electrons. The SMILES string of the molecule is COc1ccc([N+](=O)[O-])cc1C(=O)OCc1ccccc1F. The topological polar surface area (TPSA) is 78.7 Å². The number of rotatable bonds is 5. The maximum absolute atomic E-state index is 13.5. The molecule has 0 atom stereocenters. The van der Waals surface area contributed by atoms with Crippen molar-refractivity contribution in [2.24, 2.45) is 0 Å². The molecule has 0 aliphatic carbocycles. The van der Waals surface area contributed by atoms with Crippen LogP contribution in [0.1, 0.15) is 15.9 Å². The number of non-ortho nitro benzene ring substituents is 1. The number of hydrogen-bond donors (Lipinski definition) is 0. The largest absolute Gasteiger partial charge is 0.496 e. The highest BCUT2D eigenvalue weighted by Gasteiger charge is 2.19. The first-order chi connectivity index (χ1) is 10.5. The van der Waals surface area contributed by atoms with E-state index in [4.69, 9.17) is 9.47 Å². The summed E-state index contributed by atoms with van der Waals surface area (Å²) in [6.07, 6.45) is 0. The van der Waals surface area contributed by atoms with Crippen molar-refractivity contribution in [3.05, 3.63) is 69.5 Å². The van der Waals surface area contributed by atoms with Gasteiger partial charge in [0.1, 0.15) is 23.7 Å². The standard InChI is InChI=1S/C15H12FNO5/c1-21-14-7-6-11(17(19)20)8-12(14)15(18)22-9-10-4-2-3-5-13(10)16/h2-8H,9H2,1H3. The number of halogens is 1. The average molecular weight is 305 g/mol. The first-order valence-corrected chi connectivity index (χ1v) is 6.26. The van der Waals surface area contributed by atoms with E-state index in [0.717, 1.165) is 6.07 Å². The zero-order chi connectivity index (χ0) is 16.1. The van der Waals surface area contributed by atoms with Gasteiger partial charge in [0.2, 0.25) is 0 Å². The number of nitro benzene ring substituents is 1. The molecule has 7 heteroatoms. The minimum absolute atomic E-state index is 0.0898. The molecule has 0 saturated heterocycles. The van der Waals surface area contributed by atoms with Crippen molar-refractivity contribution >= 4 is 11.7 Å². The van der Waals surface area contributed by atoms with Crippen LogP contribution in [0.3, 0.4) is 0 Å². The van der Waals surface area contributed by atoms with Crippen molar-refractivity contribution in [1.82, 2.24) is 0 Å². The molecule has 2 aromatic rings. The number of carbonyl (C=O) groups excluding carboxylic acids is 1. The van der Waals surface area contributed by atoms with Crippen LogP contribution in [0.2, 0.25) is 0 Å². The highest BCUT2D eigenvalue weighted by molar-refractivity contribution is 5.93. The van der Waals surface area contributed by atoms with Crippen molar-refractivity contribution in [3.8, 4) is 5.75 Å². The van der Waals surface area contributed by atoms with Crippen molar-refractivity contribution in [1.29, 1.82) is 0 Å². The zero-order valence-electron chi connectivity index (χ0n) is 11.6.